The summed E-state index contributed by atoms with van der Waals surface area (Å²) in [7, 11) is 1.65. The summed E-state index contributed by atoms with van der Waals surface area (Å²) in [4.78, 5) is 11.7. The number of benzene rings is 1. The molecule has 1 aliphatic rings. The van der Waals surface area contributed by atoms with E-state index < -0.39 is 5.60 Å². The molecule has 0 spiro atoms. The lowest BCUT2D eigenvalue weighted by molar-refractivity contribution is 0.0522. The standard InChI is InChI=1S/C16H23BrN2O3/c1-16(2,3)22-15(20)19-13-8-12(13)18-9-10-5-6-14(21-4)11(17)7-10/h5-7,12-13,18H,8-9H2,1-4H3,(H,19,20). The van der Waals surface area contributed by atoms with Crippen molar-refractivity contribution in [3.8, 4) is 5.75 Å². The predicted molar refractivity (Wildman–Crippen MR) is 89.1 cm³/mol. The van der Waals surface area contributed by atoms with Crippen LogP contribution in [0.4, 0.5) is 4.79 Å². The van der Waals surface area contributed by atoms with Gasteiger partial charge in [0.2, 0.25) is 0 Å². The maximum Gasteiger partial charge on any atom is 0.407 e. The minimum atomic E-state index is -0.461. The zero-order chi connectivity index (χ0) is 16.3. The Labute approximate surface area is 139 Å². The van der Waals surface area contributed by atoms with Crippen LogP contribution in [0.1, 0.15) is 32.8 Å². The highest BCUT2D eigenvalue weighted by molar-refractivity contribution is 9.10. The van der Waals surface area contributed by atoms with Gasteiger partial charge < -0.3 is 20.1 Å². The number of rotatable bonds is 5. The van der Waals surface area contributed by atoms with Crippen LogP contribution < -0.4 is 15.4 Å². The van der Waals surface area contributed by atoms with E-state index in [1.165, 1.54) is 0 Å². The summed E-state index contributed by atoms with van der Waals surface area (Å²) < 4.78 is 11.4. The van der Waals surface area contributed by atoms with E-state index in [4.69, 9.17) is 9.47 Å². The summed E-state index contributed by atoms with van der Waals surface area (Å²) in [6, 6.07) is 6.44. The van der Waals surface area contributed by atoms with Gasteiger partial charge in [-0.3, -0.25) is 0 Å². The molecule has 2 atom stereocenters. The fourth-order valence-corrected chi connectivity index (χ4v) is 2.70. The minimum absolute atomic E-state index is 0.150. The van der Waals surface area contributed by atoms with E-state index in [1.807, 2.05) is 39.0 Å². The molecule has 122 valence electrons. The maximum atomic E-state index is 11.7. The molecular formula is C16H23BrN2O3. The molecule has 0 bridgehead atoms. The topological polar surface area (TPSA) is 59.6 Å². The van der Waals surface area contributed by atoms with Gasteiger partial charge in [-0.25, -0.2) is 4.79 Å². The highest BCUT2D eigenvalue weighted by Crippen LogP contribution is 2.26. The molecule has 1 aliphatic carbocycles. The monoisotopic (exact) mass is 370 g/mol. The Bertz CT molecular complexity index is 543. The van der Waals surface area contributed by atoms with Crippen LogP contribution in [-0.2, 0) is 11.3 Å². The Morgan fingerprint density at radius 1 is 1.36 bits per heavy atom. The first-order valence-electron chi connectivity index (χ1n) is 7.34. The summed E-state index contributed by atoms with van der Waals surface area (Å²) in [6.07, 6.45) is 0.574. The quantitative estimate of drug-likeness (QED) is 0.835. The molecule has 1 saturated carbocycles. The zero-order valence-corrected chi connectivity index (χ0v) is 15.0. The lowest BCUT2D eigenvalue weighted by Gasteiger charge is -2.19. The molecule has 2 unspecified atom stereocenters. The van der Waals surface area contributed by atoms with Crippen LogP contribution >= 0.6 is 15.9 Å². The van der Waals surface area contributed by atoms with Gasteiger partial charge in [0.1, 0.15) is 11.4 Å². The number of halogens is 1. The Balaban J connectivity index is 1.74. The van der Waals surface area contributed by atoms with E-state index in [0.29, 0.717) is 6.04 Å². The normalized spacial score (nSPS) is 20.4. The van der Waals surface area contributed by atoms with E-state index in [1.54, 1.807) is 7.11 Å². The van der Waals surface area contributed by atoms with Crippen molar-refractivity contribution in [2.75, 3.05) is 7.11 Å². The first-order valence-corrected chi connectivity index (χ1v) is 8.13. The summed E-state index contributed by atoms with van der Waals surface area (Å²) in [6.45, 7) is 6.32. The fourth-order valence-electron chi connectivity index (χ4n) is 2.11. The average Bonchev–Trinajstić information content (AvgIpc) is 3.12. The molecule has 2 rings (SSSR count). The number of hydrogen-bond donors (Lipinski definition) is 2. The molecule has 22 heavy (non-hydrogen) atoms. The largest absolute Gasteiger partial charge is 0.496 e. The molecular weight excluding hydrogens is 348 g/mol. The van der Waals surface area contributed by atoms with Crippen molar-refractivity contribution in [3.63, 3.8) is 0 Å². The number of carbonyl (C=O) groups excluding carboxylic acids is 1. The highest BCUT2D eigenvalue weighted by atomic mass is 79.9. The number of hydrogen-bond acceptors (Lipinski definition) is 4. The molecule has 1 aromatic rings. The number of ether oxygens (including phenoxy) is 2. The van der Waals surface area contributed by atoms with Crippen molar-refractivity contribution < 1.29 is 14.3 Å². The van der Waals surface area contributed by atoms with Crippen LogP contribution in [0.15, 0.2) is 22.7 Å². The van der Waals surface area contributed by atoms with Gasteiger partial charge in [-0.15, -0.1) is 0 Å². The molecule has 0 radical (unpaired) electrons. The lowest BCUT2D eigenvalue weighted by Crippen LogP contribution is -2.36. The number of amides is 1. The van der Waals surface area contributed by atoms with Gasteiger partial charge in [0.15, 0.2) is 0 Å². The highest BCUT2D eigenvalue weighted by Gasteiger charge is 2.38. The number of carbonyl (C=O) groups is 1. The SMILES string of the molecule is COc1ccc(CNC2CC2NC(=O)OC(C)(C)C)cc1Br. The Kier molecular flexibility index (Phi) is 5.34. The molecule has 6 heteroatoms. The van der Waals surface area contributed by atoms with Gasteiger partial charge in [0.25, 0.3) is 0 Å². The van der Waals surface area contributed by atoms with Crippen LogP contribution in [0.25, 0.3) is 0 Å². The van der Waals surface area contributed by atoms with E-state index in [0.717, 1.165) is 28.8 Å². The Morgan fingerprint density at radius 3 is 2.68 bits per heavy atom. The van der Waals surface area contributed by atoms with E-state index in [2.05, 4.69) is 26.6 Å². The third kappa shape index (κ3) is 5.18. The van der Waals surface area contributed by atoms with Crippen LogP contribution in [0, 0.1) is 0 Å². The van der Waals surface area contributed by atoms with E-state index in [9.17, 15) is 4.79 Å². The van der Waals surface area contributed by atoms with E-state index >= 15 is 0 Å². The molecule has 1 aromatic carbocycles. The van der Waals surface area contributed by atoms with E-state index in [-0.39, 0.29) is 12.1 Å². The van der Waals surface area contributed by atoms with Crippen LogP contribution in [-0.4, -0.2) is 30.9 Å². The van der Waals surface area contributed by atoms with Crippen LogP contribution in [0.3, 0.4) is 0 Å². The van der Waals surface area contributed by atoms with Gasteiger partial charge in [-0.2, -0.15) is 0 Å². The second-order valence-electron chi connectivity index (χ2n) is 6.44. The molecule has 0 heterocycles. The molecule has 2 N–H and O–H groups in total. The minimum Gasteiger partial charge on any atom is -0.496 e. The molecule has 0 saturated heterocycles. The van der Waals surface area contributed by atoms with Crippen molar-refractivity contribution in [1.82, 2.24) is 10.6 Å². The van der Waals surface area contributed by atoms with Crippen LogP contribution in [0.5, 0.6) is 5.75 Å². The van der Waals surface area contributed by atoms with Crippen molar-refractivity contribution in [2.24, 2.45) is 0 Å². The Hall–Kier alpha value is -1.27. The molecule has 0 aliphatic heterocycles. The first kappa shape index (κ1) is 17.1. The number of nitrogens with one attached hydrogen (secondary N) is 2. The second-order valence-corrected chi connectivity index (χ2v) is 7.30. The predicted octanol–water partition coefficient (Wildman–Crippen LogP) is 3.21. The van der Waals surface area contributed by atoms with Gasteiger partial charge in [0, 0.05) is 18.6 Å². The molecule has 1 amide bonds. The molecule has 5 nitrogen and oxygen atoms in total. The third-order valence-corrected chi connectivity index (χ3v) is 3.90. The van der Waals surface area contributed by atoms with Gasteiger partial charge >= 0.3 is 6.09 Å². The van der Waals surface area contributed by atoms with Crippen molar-refractivity contribution in [2.45, 2.75) is 51.4 Å². The lowest BCUT2D eigenvalue weighted by atomic mass is 10.2. The number of alkyl carbamates (subject to hydrolysis) is 1. The smallest absolute Gasteiger partial charge is 0.407 e. The van der Waals surface area contributed by atoms with Crippen molar-refractivity contribution >= 4 is 22.0 Å². The summed E-state index contributed by atoms with van der Waals surface area (Å²) in [5, 5.41) is 6.30. The van der Waals surface area contributed by atoms with Gasteiger partial charge in [-0.1, -0.05) is 6.07 Å². The first-order chi connectivity index (χ1) is 10.3. The molecule has 1 fully saturated rings. The summed E-state index contributed by atoms with van der Waals surface area (Å²) in [5.74, 6) is 0.819. The maximum absolute atomic E-state index is 11.7. The van der Waals surface area contributed by atoms with Crippen LogP contribution in [0.2, 0.25) is 0 Å². The number of methoxy groups -OCH3 is 1. The van der Waals surface area contributed by atoms with Crippen molar-refractivity contribution in [3.05, 3.63) is 28.2 Å². The average molecular weight is 371 g/mol. The molecule has 0 aromatic heterocycles. The summed E-state index contributed by atoms with van der Waals surface area (Å²) >= 11 is 3.48. The summed E-state index contributed by atoms with van der Waals surface area (Å²) in [5.41, 5.74) is 0.702. The zero-order valence-electron chi connectivity index (χ0n) is 13.4. The van der Waals surface area contributed by atoms with Gasteiger partial charge in [-0.05, 0) is 60.8 Å². The fraction of sp³-hybridized carbons (Fsp3) is 0.562. The van der Waals surface area contributed by atoms with Crippen molar-refractivity contribution in [1.29, 1.82) is 0 Å². The Morgan fingerprint density at radius 2 is 2.09 bits per heavy atom. The third-order valence-electron chi connectivity index (χ3n) is 3.28. The second kappa shape index (κ2) is 6.87. The van der Waals surface area contributed by atoms with Gasteiger partial charge in [0.05, 0.1) is 11.6 Å².